The highest BCUT2D eigenvalue weighted by Crippen LogP contribution is 2.41. The summed E-state index contributed by atoms with van der Waals surface area (Å²) in [5.74, 6) is -0.878. The van der Waals surface area contributed by atoms with Crippen molar-refractivity contribution in [3.8, 4) is 0 Å². The Hall–Kier alpha value is -1.01. The summed E-state index contributed by atoms with van der Waals surface area (Å²) in [5.41, 5.74) is 0.819. The second kappa shape index (κ2) is 4.83. The number of halogens is 1. The number of benzene rings is 1. The highest BCUT2D eigenvalue weighted by atomic mass is 79.9. The fourth-order valence-electron chi connectivity index (χ4n) is 2.39. The SMILES string of the molecule is CC(=O)C1C(=O)CC1c1ccc(S(C)(=O)=O)c(Br)c1. The number of hydrogen-bond donors (Lipinski definition) is 0. The zero-order valence-corrected chi connectivity index (χ0v) is 12.9. The van der Waals surface area contributed by atoms with Gasteiger partial charge in [0.2, 0.25) is 0 Å². The van der Waals surface area contributed by atoms with Crippen LogP contribution in [0.5, 0.6) is 0 Å². The zero-order chi connectivity index (χ0) is 14.4. The first-order valence-electron chi connectivity index (χ1n) is 5.74. The van der Waals surface area contributed by atoms with E-state index in [0.29, 0.717) is 10.9 Å². The Balaban J connectivity index is 2.37. The number of Topliss-reactive ketones (excluding diaryl/α,β-unsaturated/α-hetero) is 2. The zero-order valence-electron chi connectivity index (χ0n) is 10.5. The number of carbonyl (C=O) groups is 2. The number of hydrogen-bond acceptors (Lipinski definition) is 4. The van der Waals surface area contributed by atoms with Gasteiger partial charge in [-0.2, -0.15) is 0 Å². The van der Waals surface area contributed by atoms with Crippen LogP contribution >= 0.6 is 15.9 Å². The van der Waals surface area contributed by atoms with E-state index >= 15 is 0 Å². The second-order valence-corrected chi connectivity index (χ2v) is 7.67. The molecule has 1 aromatic rings. The molecule has 2 atom stereocenters. The topological polar surface area (TPSA) is 68.3 Å². The minimum atomic E-state index is -3.29. The van der Waals surface area contributed by atoms with Crippen LogP contribution in [0.4, 0.5) is 0 Å². The molecule has 0 radical (unpaired) electrons. The Morgan fingerprint density at radius 1 is 1.37 bits per heavy atom. The van der Waals surface area contributed by atoms with Crippen LogP contribution < -0.4 is 0 Å². The molecule has 0 bridgehead atoms. The van der Waals surface area contributed by atoms with Gasteiger partial charge >= 0.3 is 0 Å². The molecule has 2 rings (SSSR count). The molecule has 4 nitrogen and oxygen atoms in total. The molecule has 0 aromatic heterocycles. The summed E-state index contributed by atoms with van der Waals surface area (Å²) in [7, 11) is -3.29. The molecule has 1 saturated carbocycles. The minimum Gasteiger partial charge on any atom is -0.299 e. The van der Waals surface area contributed by atoms with Crippen LogP contribution in [0.2, 0.25) is 0 Å². The van der Waals surface area contributed by atoms with Crippen molar-refractivity contribution < 1.29 is 18.0 Å². The van der Waals surface area contributed by atoms with E-state index in [1.165, 1.54) is 13.0 Å². The molecule has 0 N–H and O–H groups in total. The summed E-state index contributed by atoms with van der Waals surface area (Å²) in [4.78, 5) is 23.1. The lowest BCUT2D eigenvalue weighted by Gasteiger charge is -2.33. The fraction of sp³-hybridized carbons (Fsp3) is 0.385. The Kier molecular flexibility index (Phi) is 3.66. The van der Waals surface area contributed by atoms with Gasteiger partial charge in [0.25, 0.3) is 0 Å². The van der Waals surface area contributed by atoms with E-state index in [1.807, 2.05) is 0 Å². The van der Waals surface area contributed by atoms with E-state index in [1.54, 1.807) is 12.1 Å². The van der Waals surface area contributed by atoms with Gasteiger partial charge in [-0.1, -0.05) is 6.07 Å². The standard InChI is InChI=1S/C13H13BrO4S/c1-7(15)13-9(6-11(13)16)8-3-4-12(10(14)5-8)19(2,17)18/h3-5,9,13H,6H2,1-2H3. The summed E-state index contributed by atoms with van der Waals surface area (Å²) in [6.45, 7) is 1.41. The molecule has 6 heteroatoms. The molecular formula is C13H13BrO4S. The monoisotopic (exact) mass is 344 g/mol. The molecule has 19 heavy (non-hydrogen) atoms. The van der Waals surface area contributed by atoms with Crippen LogP contribution in [0.1, 0.15) is 24.8 Å². The number of carbonyl (C=O) groups excluding carboxylic acids is 2. The van der Waals surface area contributed by atoms with Gasteiger partial charge in [-0.25, -0.2) is 8.42 Å². The highest BCUT2D eigenvalue weighted by molar-refractivity contribution is 9.10. The van der Waals surface area contributed by atoms with Gasteiger partial charge in [0.1, 0.15) is 11.6 Å². The molecule has 0 amide bonds. The van der Waals surface area contributed by atoms with Crippen molar-refractivity contribution in [2.45, 2.75) is 24.2 Å². The lowest BCUT2D eigenvalue weighted by molar-refractivity contribution is -0.139. The Morgan fingerprint density at radius 2 is 2.00 bits per heavy atom. The maximum Gasteiger partial charge on any atom is 0.176 e. The molecule has 1 fully saturated rings. The van der Waals surface area contributed by atoms with Crippen molar-refractivity contribution in [3.63, 3.8) is 0 Å². The lowest BCUT2D eigenvalue weighted by atomic mass is 9.67. The van der Waals surface area contributed by atoms with Gasteiger partial charge in [0.15, 0.2) is 9.84 Å². The van der Waals surface area contributed by atoms with Crippen molar-refractivity contribution >= 4 is 37.3 Å². The minimum absolute atomic E-state index is 0.0409. The first kappa shape index (κ1) is 14.4. The van der Waals surface area contributed by atoms with Gasteiger partial charge in [-0.15, -0.1) is 0 Å². The van der Waals surface area contributed by atoms with Gasteiger partial charge < -0.3 is 0 Å². The van der Waals surface area contributed by atoms with Crippen molar-refractivity contribution in [2.24, 2.45) is 5.92 Å². The van der Waals surface area contributed by atoms with Crippen LogP contribution in [0, 0.1) is 5.92 Å². The van der Waals surface area contributed by atoms with E-state index in [9.17, 15) is 18.0 Å². The van der Waals surface area contributed by atoms with Gasteiger partial charge in [0, 0.05) is 23.1 Å². The molecule has 1 aliphatic carbocycles. The molecule has 0 aliphatic heterocycles. The summed E-state index contributed by atoms with van der Waals surface area (Å²) in [5, 5.41) is 0. The maximum atomic E-state index is 11.5. The number of sulfone groups is 1. The van der Waals surface area contributed by atoms with Crippen molar-refractivity contribution in [1.29, 1.82) is 0 Å². The first-order chi connectivity index (χ1) is 8.71. The van der Waals surface area contributed by atoms with E-state index < -0.39 is 15.8 Å². The molecule has 0 saturated heterocycles. The van der Waals surface area contributed by atoms with E-state index in [0.717, 1.165) is 11.8 Å². The third-order valence-electron chi connectivity index (χ3n) is 3.39. The van der Waals surface area contributed by atoms with Gasteiger partial charge in [-0.05, 0) is 40.5 Å². The largest absolute Gasteiger partial charge is 0.299 e. The third kappa shape index (κ3) is 2.65. The Labute approximate surface area is 120 Å². The average Bonchev–Trinajstić information content (AvgIpc) is 2.22. The van der Waals surface area contributed by atoms with Crippen molar-refractivity contribution in [3.05, 3.63) is 28.2 Å². The number of rotatable bonds is 3. The molecule has 0 spiro atoms. The van der Waals surface area contributed by atoms with E-state index in [-0.39, 0.29) is 22.4 Å². The summed E-state index contributed by atoms with van der Waals surface area (Å²) in [6, 6.07) is 4.87. The van der Waals surface area contributed by atoms with Crippen molar-refractivity contribution in [2.75, 3.05) is 6.26 Å². The fourth-order valence-corrected chi connectivity index (χ4v) is 4.40. The van der Waals surface area contributed by atoms with E-state index in [4.69, 9.17) is 0 Å². The average molecular weight is 345 g/mol. The second-order valence-electron chi connectivity index (χ2n) is 4.83. The molecule has 1 aromatic carbocycles. The summed E-state index contributed by atoms with van der Waals surface area (Å²) < 4.78 is 23.5. The Bertz CT molecular complexity index is 655. The normalized spacial score (nSPS) is 23.0. The summed E-state index contributed by atoms with van der Waals surface area (Å²) >= 11 is 3.23. The molecule has 102 valence electrons. The van der Waals surface area contributed by atoms with Gasteiger partial charge in [-0.3, -0.25) is 9.59 Å². The van der Waals surface area contributed by atoms with Crippen LogP contribution in [-0.4, -0.2) is 26.2 Å². The van der Waals surface area contributed by atoms with Crippen molar-refractivity contribution in [1.82, 2.24) is 0 Å². The van der Waals surface area contributed by atoms with Crippen LogP contribution in [0.15, 0.2) is 27.6 Å². The molecule has 0 heterocycles. The molecule has 2 unspecified atom stereocenters. The number of ketones is 2. The predicted octanol–water partition coefficient (Wildman–Crippen LogP) is 2.11. The van der Waals surface area contributed by atoms with Crippen LogP contribution in [-0.2, 0) is 19.4 Å². The van der Waals surface area contributed by atoms with Gasteiger partial charge in [0.05, 0.1) is 10.8 Å². The highest BCUT2D eigenvalue weighted by Gasteiger charge is 2.43. The predicted molar refractivity (Wildman–Crippen MR) is 73.8 cm³/mol. The third-order valence-corrected chi connectivity index (χ3v) is 5.47. The van der Waals surface area contributed by atoms with E-state index in [2.05, 4.69) is 15.9 Å². The first-order valence-corrected chi connectivity index (χ1v) is 8.43. The maximum absolute atomic E-state index is 11.5. The Morgan fingerprint density at radius 3 is 2.42 bits per heavy atom. The summed E-state index contributed by atoms with van der Waals surface area (Å²) in [6.07, 6.45) is 1.48. The molecular weight excluding hydrogens is 332 g/mol. The van der Waals surface area contributed by atoms with Crippen LogP contribution in [0.25, 0.3) is 0 Å². The lowest BCUT2D eigenvalue weighted by Crippen LogP contribution is -2.39. The van der Waals surface area contributed by atoms with Crippen LogP contribution in [0.3, 0.4) is 0 Å². The smallest absolute Gasteiger partial charge is 0.176 e. The molecule has 1 aliphatic rings. The quantitative estimate of drug-likeness (QED) is 0.787.